The molecular weight excluding hydrogens is 298 g/mol. The third-order valence-corrected chi connectivity index (χ3v) is 3.75. The summed E-state index contributed by atoms with van der Waals surface area (Å²) in [5.74, 6) is -2.02. The molecule has 1 amide bonds. The molecule has 2 N–H and O–H groups in total. The maximum atomic E-state index is 11.9. The Morgan fingerprint density at radius 2 is 2.00 bits per heavy atom. The predicted octanol–water partition coefficient (Wildman–Crippen LogP) is 2.73. The molecule has 4 nitrogen and oxygen atoms in total. The van der Waals surface area contributed by atoms with Crippen molar-refractivity contribution in [2.75, 3.05) is 5.32 Å². The molecule has 1 aliphatic rings. The summed E-state index contributed by atoms with van der Waals surface area (Å²) in [5.41, 5.74) is 2.79. The molecule has 0 heterocycles. The first-order valence-corrected chi connectivity index (χ1v) is 6.50. The van der Waals surface area contributed by atoms with E-state index in [-0.39, 0.29) is 5.91 Å². The number of hydrogen-bond acceptors (Lipinski definition) is 2. The fourth-order valence-electron chi connectivity index (χ4n) is 2.05. The minimum absolute atomic E-state index is 0.213. The standard InChI is InChI=1S/C13H14BrNO3/c1-6-3-7(2)11(10(14)4-6)15-12(16)8-5-9(8)13(17)18/h3-4,8-9H,5H2,1-2H3,(H,15,16)(H,17,18)/t8-,9+/m1/s1. The van der Waals surface area contributed by atoms with Crippen molar-refractivity contribution in [3.63, 3.8) is 0 Å². The highest BCUT2D eigenvalue weighted by Gasteiger charge is 2.48. The van der Waals surface area contributed by atoms with E-state index in [9.17, 15) is 9.59 Å². The van der Waals surface area contributed by atoms with Crippen molar-refractivity contribution in [2.24, 2.45) is 11.8 Å². The third kappa shape index (κ3) is 2.56. The fourth-order valence-corrected chi connectivity index (χ4v) is 2.82. The van der Waals surface area contributed by atoms with Crippen LogP contribution in [0.2, 0.25) is 0 Å². The Labute approximate surface area is 114 Å². The first-order valence-electron chi connectivity index (χ1n) is 5.70. The summed E-state index contributed by atoms with van der Waals surface area (Å²) in [6.45, 7) is 3.89. The summed E-state index contributed by atoms with van der Waals surface area (Å²) >= 11 is 3.41. The summed E-state index contributed by atoms with van der Waals surface area (Å²) in [6.07, 6.45) is 0.434. The number of carboxylic acids is 1. The first kappa shape index (κ1) is 13.1. The number of nitrogens with one attached hydrogen (secondary N) is 1. The molecule has 0 saturated heterocycles. The quantitative estimate of drug-likeness (QED) is 0.902. The Hall–Kier alpha value is -1.36. The number of rotatable bonds is 3. The van der Waals surface area contributed by atoms with E-state index in [0.29, 0.717) is 6.42 Å². The number of carbonyl (C=O) groups is 2. The number of carbonyl (C=O) groups excluding carboxylic acids is 1. The summed E-state index contributed by atoms with van der Waals surface area (Å²) in [4.78, 5) is 22.6. The summed E-state index contributed by atoms with van der Waals surface area (Å²) in [7, 11) is 0. The number of halogens is 1. The van der Waals surface area contributed by atoms with Gasteiger partial charge in [-0.25, -0.2) is 0 Å². The first-order chi connectivity index (χ1) is 8.40. The van der Waals surface area contributed by atoms with Gasteiger partial charge in [-0.2, -0.15) is 0 Å². The minimum atomic E-state index is -0.894. The molecule has 0 bridgehead atoms. The second-order valence-corrected chi connectivity index (χ2v) is 5.57. The van der Waals surface area contributed by atoms with Crippen LogP contribution in [-0.4, -0.2) is 17.0 Å². The molecule has 1 aliphatic carbocycles. The number of anilines is 1. The van der Waals surface area contributed by atoms with Crippen LogP contribution in [0.25, 0.3) is 0 Å². The van der Waals surface area contributed by atoms with Gasteiger partial charge in [-0.3, -0.25) is 9.59 Å². The highest BCUT2D eigenvalue weighted by atomic mass is 79.9. The average molecular weight is 312 g/mol. The molecule has 0 aliphatic heterocycles. The van der Waals surface area contributed by atoms with Gasteiger partial charge in [0.2, 0.25) is 5.91 Å². The number of aliphatic carboxylic acids is 1. The van der Waals surface area contributed by atoms with E-state index in [1.165, 1.54) is 0 Å². The van der Waals surface area contributed by atoms with E-state index in [4.69, 9.17) is 5.11 Å². The van der Waals surface area contributed by atoms with Crippen molar-refractivity contribution >= 4 is 33.5 Å². The number of amides is 1. The van der Waals surface area contributed by atoms with E-state index in [2.05, 4.69) is 21.2 Å². The van der Waals surface area contributed by atoms with Gasteiger partial charge in [-0.1, -0.05) is 6.07 Å². The number of aryl methyl sites for hydroxylation is 2. The van der Waals surface area contributed by atoms with Gasteiger partial charge in [-0.05, 0) is 53.4 Å². The minimum Gasteiger partial charge on any atom is -0.481 e. The second kappa shape index (κ2) is 4.72. The molecule has 2 atom stereocenters. The van der Waals surface area contributed by atoms with Gasteiger partial charge in [0.1, 0.15) is 0 Å². The molecule has 1 aromatic carbocycles. The Morgan fingerprint density at radius 3 is 2.50 bits per heavy atom. The molecule has 18 heavy (non-hydrogen) atoms. The predicted molar refractivity (Wildman–Crippen MR) is 71.5 cm³/mol. The normalized spacial score (nSPS) is 21.5. The zero-order chi connectivity index (χ0) is 13.4. The Kier molecular flexibility index (Phi) is 3.43. The van der Waals surface area contributed by atoms with Crippen LogP contribution in [0, 0.1) is 25.7 Å². The Balaban J connectivity index is 2.11. The molecule has 5 heteroatoms. The van der Waals surface area contributed by atoms with Gasteiger partial charge in [0.15, 0.2) is 0 Å². The van der Waals surface area contributed by atoms with Gasteiger partial charge in [0, 0.05) is 4.47 Å². The molecule has 0 unspecified atom stereocenters. The summed E-state index contributed by atoms with van der Waals surface area (Å²) < 4.78 is 0.820. The van der Waals surface area contributed by atoms with Gasteiger partial charge in [-0.15, -0.1) is 0 Å². The number of benzene rings is 1. The number of carboxylic acid groups (broad SMARTS) is 1. The van der Waals surface area contributed by atoms with E-state index in [1.54, 1.807) is 0 Å². The van der Waals surface area contributed by atoms with E-state index in [0.717, 1.165) is 21.3 Å². The SMILES string of the molecule is Cc1cc(C)c(NC(=O)[C@@H]2C[C@@H]2C(=O)O)c(Br)c1. The van der Waals surface area contributed by atoms with Gasteiger partial charge in [0.05, 0.1) is 17.5 Å². The molecule has 1 fully saturated rings. The van der Waals surface area contributed by atoms with E-state index in [1.807, 2.05) is 26.0 Å². The van der Waals surface area contributed by atoms with Crippen molar-refractivity contribution < 1.29 is 14.7 Å². The second-order valence-electron chi connectivity index (χ2n) is 4.71. The molecule has 96 valence electrons. The highest BCUT2D eigenvalue weighted by molar-refractivity contribution is 9.10. The van der Waals surface area contributed by atoms with E-state index >= 15 is 0 Å². The zero-order valence-corrected chi connectivity index (χ0v) is 11.7. The molecule has 1 aromatic rings. The lowest BCUT2D eigenvalue weighted by molar-refractivity contribution is -0.139. The van der Waals surface area contributed by atoms with Gasteiger partial charge >= 0.3 is 5.97 Å². The Bertz CT molecular complexity index is 504. The lowest BCUT2D eigenvalue weighted by atomic mass is 10.1. The molecule has 0 spiro atoms. The molecule has 0 radical (unpaired) electrons. The summed E-state index contributed by atoms with van der Waals surface area (Å²) in [5, 5.41) is 11.6. The molecular formula is C13H14BrNO3. The molecule has 0 aromatic heterocycles. The van der Waals surface area contributed by atoms with Crippen LogP contribution in [0.4, 0.5) is 5.69 Å². The maximum Gasteiger partial charge on any atom is 0.307 e. The van der Waals surface area contributed by atoms with Crippen LogP contribution in [0.5, 0.6) is 0 Å². The topological polar surface area (TPSA) is 66.4 Å². The molecule has 1 saturated carbocycles. The van der Waals surface area contributed by atoms with E-state index < -0.39 is 17.8 Å². The van der Waals surface area contributed by atoms with Gasteiger partial charge in [0.25, 0.3) is 0 Å². The monoisotopic (exact) mass is 311 g/mol. The maximum absolute atomic E-state index is 11.9. The van der Waals surface area contributed by atoms with Crippen LogP contribution in [0.3, 0.4) is 0 Å². The number of hydrogen-bond donors (Lipinski definition) is 2. The van der Waals surface area contributed by atoms with Crippen LogP contribution < -0.4 is 5.32 Å². The lowest BCUT2D eigenvalue weighted by Crippen LogP contribution is -2.17. The summed E-state index contributed by atoms with van der Waals surface area (Å²) in [6, 6.07) is 3.89. The highest BCUT2D eigenvalue weighted by Crippen LogP contribution is 2.40. The fraction of sp³-hybridized carbons (Fsp3) is 0.385. The van der Waals surface area contributed by atoms with Crippen molar-refractivity contribution in [3.05, 3.63) is 27.7 Å². The van der Waals surface area contributed by atoms with Crippen molar-refractivity contribution in [2.45, 2.75) is 20.3 Å². The van der Waals surface area contributed by atoms with Crippen molar-refractivity contribution in [1.82, 2.24) is 0 Å². The Morgan fingerprint density at radius 1 is 1.33 bits per heavy atom. The lowest BCUT2D eigenvalue weighted by Gasteiger charge is -2.11. The smallest absolute Gasteiger partial charge is 0.307 e. The van der Waals surface area contributed by atoms with Crippen LogP contribution in [0.1, 0.15) is 17.5 Å². The average Bonchev–Trinajstić information content (AvgIpc) is 3.02. The van der Waals surface area contributed by atoms with Crippen LogP contribution in [-0.2, 0) is 9.59 Å². The zero-order valence-electron chi connectivity index (χ0n) is 10.2. The van der Waals surface area contributed by atoms with Crippen molar-refractivity contribution in [1.29, 1.82) is 0 Å². The largest absolute Gasteiger partial charge is 0.481 e. The van der Waals surface area contributed by atoms with Crippen LogP contribution >= 0.6 is 15.9 Å². The van der Waals surface area contributed by atoms with Gasteiger partial charge < -0.3 is 10.4 Å². The third-order valence-electron chi connectivity index (χ3n) is 3.12. The van der Waals surface area contributed by atoms with Crippen molar-refractivity contribution in [3.8, 4) is 0 Å². The van der Waals surface area contributed by atoms with Crippen LogP contribution in [0.15, 0.2) is 16.6 Å². The molecule has 2 rings (SSSR count).